The van der Waals surface area contributed by atoms with Crippen molar-refractivity contribution in [3.05, 3.63) is 29.3 Å². The summed E-state index contributed by atoms with van der Waals surface area (Å²) < 4.78 is 9.69. The lowest BCUT2D eigenvalue weighted by atomic mass is 9.85. The molecule has 0 heterocycles. The predicted molar refractivity (Wildman–Crippen MR) is 68.0 cm³/mol. The van der Waals surface area contributed by atoms with Crippen LogP contribution in [0.5, 0.6) is 5.75 Å². The van der Waals surface area contributed by atoms with Crippen molar-refractivity contribution in [2.75, 3.05) is 14.2 Å². The molecule has 98 valence electrons. The van der Waals surface area contributed by atoms with Crippen molar-refractivity contribution < 1.29 is 19.1 Å². The molecule has 18 heavy (non-hydrogen) atoms. The van der Waals surface area contributed by atoms with Crippen LogP contribution in [0.1, 0.15) is 36.7 Å². The van der Waals surface area contributed by atoms with Gasteiger partial charge < -0.3 is 9.47 Å². The van der Waals surface area contributed by atoms with Crippen molar-refractivity contribution in [1.29, 1.82) is 0 Å². The van der Waals surface area contributed by atoms with Gasteiger partial charge in [0.1, 0.15) is 5.75 Å². The monoisotopic (exact) mass is 250 g/mol. The Labute approximate surface area is 107 Å². The van der Waals surface area contributed by atoms with Crippen molar-refractivity contribution in [3.63, 3.8) is 0 Å². The van der Waals surface area contributed by atoms with E-state index in [1.807, 2.05) is 20.8 Å². The van der Waals surface area contributed by atoms with Crippen molar-refractivity contribution in [3.8, 4) is 5.75 Å². The highest BCUT2D eigenvalue weighted by atomic mass is 16.5. The van der Waals surface area contributed by atoms with Crippen LogP contribution in [-0.2, 0) is 14.9 Å². The van der Waals surface area contributed by atoms with E-state index in [9.17, 15) is 9.59 Å². The zero-order chi connectivity index (χ0) is 13.9. The van der Waals surface area contributed by atoms with E-state index in [2.05, 4.69) is 4.74 Å². The summed E-state index contributed by atoms with van der Waals surface area (Å²) in [6, 6.07) is 4.93. The Bertz CT molecular complexity index is 469. The Balaban J connectivity index is 3.27. The second-order valence-corrected chi connectivity index (χ2v) is 4.99. The number of methoxy groups -OCH3 is 2. The molecule has 0 bridgehead atoms. The normalized spacial score (nSPS) is 10.9. The number of esters is 1. The van der Waals surface area contributed by atoms with E-state index in [1.165, 1.54) is 7.11 Å². The summed E-state index contributed by atoms with van der Waals surface area (Å²) >= 11 is 0. The average Bonchev–Trinajstić information content (AvgIpc) is 2.35. The van der Waals surface area contributed by atoms with E-state index in [4.69, 9.17) is 4.74 Å². The zero-order valence-corrected chi connectivity index (χ0v) is 11.4. The van der Waals surface area contributed by atoms with Crippen LogP contribution < -0.4 is 4.74 Å². The van der Waals surface area contributed by atoms with Crippen LogP contribution in [-0.4, -0.2) is 26.0 Å². The molecule has 4 nitrogen and oxygen atoms in total. The third kappa shape index (κ3) is 2.88. The van der Waals surface area contributed by atoms with Crippen LogP contribution in [0, 0.1) is 0 Å². The van der Waals surface area contributed by atoms with Gasteiger partial charge in [0, 0.05) is 11.1 Å². The van der Waals surface area contributed by atoms with E-state index in [0.717, 1.165) is 5.56 Å². The van der Waals surface area contributed by atoms with Crippen LogP contribution in [0.3, 0.4) is 0 Å². The predicted octanol–water partition coefficient (Wildman–Crippen LogP) is 2.35. The molecule has 4 heteroatoms. The maximum absolute atomic E-state index is 11.7. The number of carbonyl (C=O) groups is 2. The highest BCUT2D eigenvalue weighted by Gasteiger charge is 2.23. The molecule has 1 rings (SSSR count). The third-order valence-corrected chi connectivity index (χ3v) is 2.64. The van der Waals surface area contributed by atoms with Crippen LogP contribution in [0.4, 0.5) is 0 Å². The quantitative estimate of drug-likeness (QED) is 0.469. The molecule has 1 aromatic rings. The number of carbonyl (C=O) groups excluding carboxylic acids is 2. The topological polar surface area (TPSA) is 52.6 Å². The van der Waals surface area contributed by atoms with Gasteiger partial charge in [0.25, 0.3) is 5.78 Å². The number of hydrogen-bond donors (Lipinski definition) is 0. The van der Waals surface area contributed by atoms with E-state index >= 15 is 0 Å². The largest absolute Gasteiger partial charge is 0.496 e. The van der Waals surface area contributed by atoms with Crippen LogP contribution in [0.25, 0.3) is 0 Å². The van der Waals surface area contributed by atoms with Gasteiger partial charge in [0.05, 0.1) is 14.2 Å². The van der Waals surface area contributed by atoms with Crippen molar-refractivity contribution >= 4 is 11.8 Å². The minimum Gasteiger partial charge on any atom is -0.496 e. The molecule has 0 aliphatic heterocycles. The fourth-order valence-corrected chi connectivity index (χ4v) is 1.65. The first-order valence-electron chi connectivity index (χ1n) is 5.62. The first-order chi connectivity index (χ1) is 8.31. The van der Waals surface area contributed by atoms with Gasteiger partial charge >= 0.3 is 5.97 Å². The number of ether oxygens (including phenoxy) is 2. The summed E-state index contributed by atoms with van der Waals surface area (Å²) in [5.74, 6) is -0.811. The van der Waals surface area contributed by atoms with Gasteiger partial charge in [-0.25, -0.2) is 4.79 Å². The number of hydrogen-bond acceptors (Lipinski definition) is 4. The second-order valence-electron chi connectivity index (χ2n) is 4.99. The Hall–Kier alpha value is -1.84. The standard InChI is InChI=1S/C14H18O4/c1-14(2,3)10-8-9(6-7-11(10)17-4)12(15)13(16)18-5/h6-8H,1-5H3. The van der Waals surface area contributed by atoms with E-state index in [-0.39, 0.29) is 5.41 Å². The SMILES string of the molecule is COC(=O)C(=O)c1ccc(OC)c(C(C)(C)C)c1. The third-order valence-electron chi connectivity index (χ3n) is 2.64. The van der Waals surface area contributed by atoms with E-state index in [0.29, 0.717) is 11.3 Å². The fraction of sp³-hybridized carbons (Fsp3) is 0.429. The molecular weight excluding hydrogens is 232 g/mol. The first kappa shape index (κ1) is 14.2. The Morgan fingerprint density at radius 1 is 1.11 bits per heavy atom. The Morgan fingerprint density at radius 3 is 2.17 bits per heavy atom. The van der Waals surface area contributed by atoms with Gasteiger partial charge in [0.2, 0.25) is 0 Å². The Morgan fingerprint density at radius 2 is 1.72 bits per heavy atom. The molecule has 0 N–H and O–H groups in total. The van der Waals surface area contributed by atoms with Crippen molar-refractivity contribution in [1.82, 2.24) is 0 Å². The Kier molecular flexibility index (Phi) is 4.11. The van der Waals surface area contributed by atoms with E-state index < -0.39 is 11.8 Å². The minimum absolute atomic E-state index is 0.183. The van der Waals surface area contributed by atoms with Crippen LogP contribution >= 0.6 is 0 Å². The smallest absolute Gasteiger partial charge is 0.379 e. The number of rotatable bonds is 3. The first-order valence-corrected chi connectivity index (χ1v) is 5.62. The molecule has 0 fully saturated rings. The highest BCUT2D eigenvalue weighted by Crippen LogP contribution is 2.32. The zero-order valence-electron chi connectivity index (χ0n) is 11.4. The summed E-state index contributed by atoms with van der Waals surface area (Å²) in [6.45, 7) is 6.03. The molecule has 0 aliphatic rings. The van der Waals surface area contributed by atoms with Gasteiger partial charge in [-0.3, -0.25) is 4.79 Å². The lowest BCUT2D eigenvalue weighted by molar-refractivity contribution is -0.135. The molecule has 0 saturated carbocycles. The molecule has 0 saturated heterocycles. The fourth-order valence-electron chi connectivity index (χ4n) is 1.65. The van der Waals surface area contributed by atoms with Crippen LogP contribution in [0.15, 0.2) is 18.2 Å². The van der Waals surface area contributed by atoms with Gasteiger partial charge in [0.15, 0.2) is 0 Å². The summed E-state index contributed by atoms with van der Waals surface area (Å²) in [5.41, 5.74) is 1.00. The minimum atomic E-state index is -0.861. The van der Waals surface area contributed by atoms with Crippen molar-refractivity contribution in [2.45, 2.75) is 26.2 Å². The van der Waals surface area contributed by atoms with Gasteiger partial charge in [-0.1, -0.05) is 20.8 Å². The molecule has 1 aromatic carbocycles. The summed E-state index contributed by atoms with van der Waals surface area (Å²) in [5, 5.41) is 0. The summed E-state index contributed by atoms with van der Waals surface area (Å²) in [6.07, 6.45) is 0. The van der Waals surface area contributed by atoms with Gasteiger partial charge in [-0.15, -0.1) is 0 Å². The van der Waals surface area contributed by atoms with Gasteiger partial charge in [-0.05, 0) is 23.6 Å². The molecule has 0 radical (unpaired) electrons. The molecule has 0 spiro atoms. The van der Waals surface area contributed by atoms with E-state index in [1.54, 1.807) is 25.3 Å². The molecule has 0 atom stereocenters. The number of ketones is 1. The molecule has 0 unspecified atom stereocenters. The maximum atomic E-state index is 11.7. The second kappa shape index (κ2) is 5.21. The summed E-state index contributed by atoms with van der Waals surface area (Å²) in [7, 11) is 2.76. The van der Waals surface area contributed by atoms with Crippen LogP contribution in [0.2, 0.25) is 0 Å². The van der Waals surface area contributed by atoms with Crippen molar-refractivity contribution in [2.24, 2.45) is 0 Å². The maximum Gasteiger partial charge on any atom is 0.379 e. The van der Waals surface area contributed by atoms with Gasteiger partial charge in [-0.2, -0.15) is 0 Å². The lowest BCUT2D eigenvalue weighted by Crippen LogP contribution is -2.18. The molecule has 0 aliphatic carbocycles. The molecule has 0 aromatic heterocycles. The average molecular weight is 250 g/mol. The lowest BCUT2D eigenvalue weighted by Gasteiger charge is -2.22. The molecular formula is C14H18O4. The number of benzene rings is 1. The molecule has 0 amide bonds. The summed E-state index contributed by atoms with van der Waals surface area (Å²) in [4.78, 5) is 23.0. The highest BCUT2D eigenvalue weighted by molar-refractivity contribution is 6.40. The number of Topliss-reactive ketones (excluding diaryl/α,β-unsaturated/α-hetero) is 1.